The monoisotopic (exact) mass is 523 g/mol. The summed E-state index contributed by atoms with van der Waals surface area (Å²) in [6.45, 7) is 7.51. The smallest absolute Gasteiger partial charge is 0.116 e. The molecule has 1 aromatic carbocycles. The normalized spacial score (nSPS) is 11.7. The first kappa shape index (κ1) is 25.2. The lowest BCUT2D eigenvalue weighted by atomic mass is 9.98. The summed E-state index contributed by atoms with van der Waals surface area (Å²) in [7, 11) is 0. The van der Waals surface area contributed by atoms with Gasteiger partial charge in [-0.25, -0.2) is 0 Å². The van der Waals surface area contributed by atoms with Gasteiger partial charge in [-0.3, -0.25) is 20.1 Å². The number of aromatic nitrogens is 6. The summed E-state index contributed by atoms with van der Waals surface area (Å²) in [4.78, 5) is 16.9. The number of aryl methyl sites for hydroxylation is 1. The molecule has 0 saturated heterocycles. The standard InChI is InChI=1S/C33H29N7/c1-3-7-27(25-10-12-34-13-11-25)28-15-31(38-22(28)2)33-29-16-30(37-21-32(29)39-40-33)26-14-24(19-36-20-26)18-35-17-23-8-5-4-6-9-23/h3-16,19-21,35,38H,1,17-18H2,2H3,(H,39,40)/b27-7-. The van der Waals surface area contributed by atoms with E-state index in [1.165, 1.54) is 5.56 Å². The average Bonchev–Trinajstić information content (AvgIpc) is 3.60. The number of hydrogen-bond acceptors (Lipinski definition) is 5. The van der Waals surface area contributed by atoms with E-state index in [0.29, 0.717) is 0 Å². The van der Waals surface area contributed by atoms with Gasteiger partial charge in [0.2, 0.25) is 0 Å². The first-order chi connectivity index (χ1) is 19.7. The molecular formula is C33H29N7. The number of allylic oxidation sites excluding steroid dienone is 2. The molecule has 7 nitrogen and oxygen atoms in total. The average molecular weight is 524 g/mol. The van der Waals surface area contributed by atoms with E-state index in [4.69, 9.17) is 4.98 Å². The van der Waals surface area contributed by atoms with Crippen LogP contribution >= 0.6 is 0 Å². The number of H-pyrrole nitrogens is 2. The molecule has 0 radical (unpaired) electrons. The molecule has 5 aromatic heterocycles. The van der Waals surface area contributed by atoms with Crippen molar-refractivity contribution in [3.63, 3.8) is 0 Å². The molecule has 0 unspecified atom stereocenters. The number of nitrogens with zero attached hydrogens (tertiary/aromatic N) is 4. The SMILES string of the molecule is C=C/C=C(/c1ccncc1)c1cc(-c2n[nH]c3cnc(-c4cncc(CNCc5ccccc5)c4)cc23)[nH]c1C. The molecule has 0 aliphatic carbocycles. The summed E-state index contributed by atoms with van der Waals surface area (Å²) in [6, 6.07) is 20.7. The number of rotatable bonds is 9. The van der Waals surface area contributed by atoms with Gasteiger partial charge < -0.3 is 10.3 Å². The van der Waals surface area contributed by atoms with Crippen LogP contribution in [0.3, 0.4) is 0 Å². The van der Waals surface area contributed by atoms with Gasteiger partial charge in [0.05, 0.1) is 23.1 Å². The lowest BCUT2D eigenvalue weighted by Gasteiger charge is -2.07. The van der Waals surface area contributed by atoms with E-state index in [0.717, 1.165) is 74.6 Å². The van der Waals surface area contributed by atoms with E-state index in [1.807, 2.05) is 48.9 Å². The number of nitrogens with one attached hydrogen (secondary N) is 3. The maximum absolute atomic E-state index is 4.70. The number of hydrogen-bond donors (Lipinski definition) is 3. The van der Waals surface area contributed by atoms with Crippen molar-refractivity contribution in [2.24, 2.45) is 0 Å². The van der Waals surface area contributed by atoms with E-state index in [1.54, 1.807) is 12.4 Å². The fourth-order valence-corrected chi connectivity index (χ4v) is 4.91. The molecule has 6 rings (SSSR count). The Labute approximate surface area is 232 Å². The number of aromatic amines is 2. The molecule has 0 fully saturated rings. The molecule has 0 bridgehead atoms. The molecule has 0 atom stereocenters. The maximum Gasteiger partial charge on any atom is 0.116 e. The van der Waals surface area contributed by atoms with Gasteiger partial charge in [-0.15, -0.1) is 0 Å². The summed E-state index contributed by atoms with van der Waals surface area (Å²) in [6.07, 6.45) is 13.0. The minimum Gasteiger partial charge on any atom is -0.357 e. The summed E-state index contributed by atoms with van der Waals surface area (Å²) >= 11 is 0. The molecule has 0 aliphatic heterocycles. The van der Waals surface area contributed by atoms with Crippen molar-refractivity contribution in [2.75, 3.05) is 0 Å². The zero-order chi connectivity index (χ0) is 27.3. The van der Waals surface area contributed by atoms with Crippen molar-refractivity contribution < 1.29 is 0 Å². The lowest BCUT2D eigenvalue weighted by molar-refractivity contribution is 0.691. The molecule has 0 aliphatic rings. The molecule has 196 valence electrons. The van der Waals surface area contributed by atoms with Crippen LogP contribution in [0.5, 0.6) is 0 Å². The zero-order valence-electron chi connectivity index (χ0n) is 22.2. The zero-order valence-corrected chi connectivity index (χ0v) is 22.2. The van der Waals surface area contributed by atoms with Crippen LogP contribution in [-0.4, -0.2) is 30.1 Å². The molecule has 0 saturated carbocycles. The van der Waals surface area contributed by atoms with Crippen molar-refractivity contribution in [1.82, 2.24) is 35.5 Å². The summed E-state index contributed by atoms with van der Waals surface area (Å²) in [5.74, 6) is 0. The molecule has 0 amide bonds. The van der Waals surface area contributed by atoms with Crippen LogP contribution in [0.4, 0.5) is 0 Å². The third-order valence-corrected chi connectivity index (χ3v) is 6.87. The van der Waals surface area contributed by atoms with Gasteiger partial charge in [-0.1, -0.05) is 49.1 Å². The quantitative estimate of drug-likeness (QED) is 0.185. The van der Waals surface area contributed by atoms with Crippen molar-refractivity contribution >= 4 is 16.5 Å². The van der Waals surface area contributed by atoms with Crippen LogP contribution in [-0.2, 0) is 13.1 Å². The van der Waals surface area contributed by atoms with E-state index in [9.17, 15) is 0 Å². The van der Waals surface area contributed by atoms with Crippen molar-refractivity contribution in [2.45, 2.75) is 20.0 Å². The van der Waals surface area contributed by atoms with Crippen LogP contribution < -0.4 is 5.32 Å². The third-order valence-electron chi connectivity index (χ3n) is 6.87. The minimum atomic E-state index is 0.720. The van der Waals surface area contributed by atoms with Crippen LogP contribution in [0, 0.1) is 6.92 Å². The fraction of sp³-hybridized carbons (Fsp3) is 0.0909. The lowest BCUT2D eigenvalue weighted by Crippen LogP contribution is -2.12. The molecule has 7 heteroatoms. The fourth-order valence-electron chi connectivity index (χ4n) is 4.91. The summed E-state index contributed by atoms with van der Waals surface area (Å²) in [5, 5.41) is 12.3. The highest BCUT2D eigenvalue weighted by molar-refractivity contribution is 5.95. The highest BCUT2D eigenvalue weighted by atomic mass is 15.1. The van der Waals surface area contributed by atoms with Gasteiger partial charge in [0.1, 0.15) is 5.69 Å². The van der Waals surface area contributed by atoms with Crippen LogP contribution in [0.2, 0.25) is 0 Å². The molecule has 5 heterocycles. The van der Waals surface area contributed by atoms with Crippen LogP contribution in [0.1, 0.15) is 27.9 Å². The molecule has 0 spiro atoms. The number of pyridine rings is 3. The van der Waals surface area contributed by atoms with Gasteiger partial charge in [0.25, 0.3) is 0 Å². The Morgan fingerprint density at radius 1 is 0.925 bits per heavy atom. The maximum atomic E-state index is 4.70. The highest BCUT2D eigenvalue weighted by Gasteiger charge is 2.17. The van der Waals surface area contributed by atoms with Gasteiger partial charge in [-0.2, -0.15) is 5.10 Å². The highest BCUT2D eigenvalue weighted by Crippen LogP contribution is 2.33. The summed E-state index contributed by atoms with van der Waals surface area (Å²) < 4.78 is 0. The molecule has 6 aromatic rings. The molecule has 3 N–H and O–H groups in total. The second-order valence-corrected chi connectivity index (χ2v) is 9.63. The van der Waals surface area contributed by atoms with E-state index in [-0.39, 0.29) is 0 Å². The van der Waals surface area contributed by atoms with Crippen molar-refractivity contribution in [3.05, 3.63) is 138 Å². The largest absolute Gasteiger partial charge is 0.357 e. The van der Waals surface area contributed by atoms with Crippen LogP contribution in [0.15, 0.2) is 110 Å². The first-order valence-corrected chi connectivity index (χ1v) is 13.2. The summed E-state index contributed by atoms with van der Waals surface area (Å²) in [5.41, 5.74) is 11.1. The Morgan fingerprint density at radius 3 is 2.58 bits per heavy atom. The Bertz CT molecular complexity index is 1800. The van der Waals surface area contributed by atoms with Crippen molar-refractivity contribution in [3.8, 4) is 22.6 Å². The molecule has 40 heavy (non-hydrogen) atoms. The Hall–Kier alpha value is -5.14. The van der Waals surface area contributed by atoms with Gasteiger partial charge in [0, 0.05) is 60.1 Å². The predicted octanol–water partition coefficient (Wildman–Crippen LogP) is 6.63. The van der Waals surface area contributed by atoms with E-state index in [2.05, 4.69) is 86.4 Å². The van der Waals surface area contributed by atoms with Gasteiger partial charge in [0.15, 0.2) is 0 Å². The second kappa shape index (κ2) is 11.3. The minimum absolute atomic E-state index is 0.720. The van der Waals surface area contributed by atoms with Crippen LogP contribution in [0.25, 0.3) is 39.1 Å². The Morgan fingerprint density at radius 2 is 1.75 bits per heavy atom. The Kier molecular flexibility index (Phi) is 7.11. The van der Waals surface area contributed by atoms with E-state index < -0.39 is 0 Å². The van der Waals surface area contributed by atoms with Gasteiger partial charge in [-0.05, 0) is 59.5 Å². The Balaban J connectivity index is 1.29. The predicted molar refractivity (Wildman–Crippen MR) is 160 cm³/mol. The van der Waals surface area contributed by atoms with E-state index >= 15 is 0 Å². The first-order valence-electron chi connectivity index (χ1n) is 13.2. The van der Waals surface area contributed by atoms with Crippen molar-refractivity contribution in [1.29, 1.82) is 0 Å². The topological polar surface area (TPSA) is 95.2 Å². The van der Waals surface area contributed by atoms with Gasteiger partial charge >= 0.3 is 0 Å². The second-order valence-electron chi connectivity index (χ2n) is 9.63. The third kappa shape index (κ3) is 5.23. The number of benzene rings is 1. The molecular weight excluding hydrogens is 494 g/mol. The number of fused-ring (bicyclic) bond motifs is 1.